The number of carbonyl (C=O) groups excluding carboxylic acids is 1. The molecule has 0 spiro atoms. The van der Waals surface area contributed by atoms with Gasteiger partial charge in [-0.3, -0.25) is 4.79 Å². The molecule has 20 heavy (non-hydrogen) atoms. The fraction of sp³-hybridized carbons (Fsp3) is 0.611. The second-order valence-electron chi connectivity index (χ2n) is 7.58. The van der Waals surface area contributed by atoms with Crippen molar-refractivity contribution in [3.8, 4) is 0 Å². The van der Waals surface area contributed by atoms with E-state index >= 15 is 0 Å². The van der Waals surface area contributed by atoms with Crippen LogP contribution in [0.5, 0.6) is 0 Å². The summed E-state index contributed by atoms with van der Waals surface area (Å²) < 4.78 is 0. The molecule has 1 amide bonds. The fourth-order valence-corrected chi connectivity index (χ4v) is 3.79. The summed E-state index contributed by atoms with van der Waals surface area (Å²) in [5.41, 5.74) is 2.20. The number of fused-ring (bicyclic) bond motifs is 2. The van der Waals surface area contributed by atoms with Gasteiger partial charge < -0.3 is 5.32 Å². The number of hydrogen-bond acceptors (Lipinski definition) is 1. The monoisotopic (exact) mass is 271 g/mol. The maximum atomic E-state index is 12.3. The van der Waals surface area contributed by atoms with Crippen molar-refractivity contribution >= 4 is 5.91 Å². The summed E-state index contributed by atoms with van der Waals surface area (Å²) in [6, 6.07) is 8.50. The largest absolute Gasteiger partial charge is 0.349 e. The van der Waals surface area contributed by atoms with E-state index in [1.54, 1.807) is 0 Å². The van der Waals surface area contributed by atoms with Crippen LogP contribution in [0.3, 0.4) is 0 Å². The van der Waals surface area contributed by atoms with E-state index in [2.05, 4.69) is 38.2 Å². The lowest BCUT2D eigenvalue weighted by atomic mass is 9.86. The summed E-state index contributed by atoms with van der Waals surface area (Å²) in [5, 5.41) is 3.25. The molecule has 0 radical (unpaired) electrons. The fourth-order valence-electron chi connectivity index (χ4n) is 3.79. The highest BCUT2D eigenvalue weighted by Gasteiger charge is 2.40. The Morgan fingerprint density at radius 2 is 1.80 bits per heavy atom. The minimum atomic E-state index is 0.100. The summed E-state index contributed by atoms with van der Waals surface area (Å²) in [7, 11) is 0. The van der Waals surface area contributed by atoms with Crippen molar-refractivity contribution in [3.63, 3.8) is 0 Å². The van der Waals surface area contributed by atoms with E-state index < -0.39 is 0 Å². The molecule has 0 aliphatic heterocycles. The zero-order valence-electron chi connectivity index (χ0n) is 12.8. The summed E-state index contributed by atoms with van der Waals surface area (Å²) in [5.74, 6) is 1.70. The molecule has 2 nitrogen and oxygen atoms in total. The molecule has 2 bridgehead atoms. The van der Waals surface area contributed by atoms with Gasteiger partial charge in [-0.05, 0) is 54.2 Å². The highest BCUT2D eigenvalue weighted by atomic mass is 16.1. The predicted molar refractivity (Wildman–Crippen MR) is 81.8 cm³/mol. The van der Waals surface area contributed by atoms with Gasteiger partial charge in [0.15, 0.2) is 0 Å². The SMILES string of the molecule is CC(C)(C)c1ccc(C(=O)N[C@H]2C[C@H]3CC[C@@H]2C3)cc1. The lowest BCUT2D eigenvalue weighted by molar-refractivity contribution is 0.0923. The Bertz CT molecular complexity index is 497. The van der Waals surface area contributed by atoms with Crippen molar-refractivity contribution in [2.45, 2.75) is 57.9 Å². The average Bonchev–Trinajstić information content (AvgIpc) is 3.00. The van der Waals surface area contributed by atoms with E-state index in [4.69, 9.17) is 0 Å². The summed E-state index contributed by atoms with van der Waals surface area (Å²) in [6.45, 7) is 6.58. The predicted octanol–water partition coefficient (Wildman–Crippen LogP) is 3.90. The van der Waals surface area contributed by atoms with Gasteiger partial charge in [0.1, 0.15) is 0 Å². The highest BCUT2D eigenvalue weighted by molar-refractivity contribution is 5.94. The van der Waals surface area contributed by atoms with Crippen LogP contribution in [-0.2, 0) is 5.41 Å². The van der Waals surface area contributed by atoms with Gasteiger partial charge in [0.2, 0.25) is 0 Å². The van der Waals surface area contributed by atoms with Gasteiger partial charge in [-0.1, -0.05) is 39.3 Å². The third-order valence-corrected chi connectivity index (χ3v) is 5.07. The third-order valence-electron chi connectivity index (χ3n) is 5.07. The maximum absolute atomic E-state index is 12.3. The molecule has 0 heterocycles. The second-order valence-corrected chi connectivity index (χ2v) is 7.58. The van der Waals surface area contributed by atoms with Gasteiger partial charge in [0, 0.05) is 11.6 Å². The summed E-state index contributed by atoms with van der Waals surface area (Å²) in [4.78, 5) is 12.3. The molecule has 108 valence electrons. The maximum Gasteiger partial charge on any atom is 0.251 e. The Labute approximate surface area is 122 Å². The second kappa shape index (κ2) is 4.91. The quantitative estimate of drug-likeness (QED) is 0.868. The molecule has 2 aliphatic rings. The van der Waals surface area contributed by atoms with Crippen molar-refractivity contribution in [3.05, 3.63) is 35.4 Å². The molecule has 3 rings (SSSR count). The number of amides is 1. The van der Waals surface area contributed by atoms with Gasteiger partial charge >= 0.3 is 0 Å². The lowest BCUT2D eigenvalue weighted by Crippen LogP contribution is -2.38. The topological polar surface area (TPSA) is 29.1 Å². The first-order chi connectivity index (χ1) is 9.43. The van der Waals surface area contributed by atoms with Crippen LogP contribution in [0.1, 0.15) is 62.4 Å². The molecule has 0 unspecified atom stereocenters. The first-order valence-electron chi connectivity index (χ1n) is 7.85. The van der Waals surface area contributed by atoms with Crippen molar-refractivity contribution in [2.75, 3.05) is 0 Å². The minimum Gasteiger partial charge on any atom is -0.349 e. The van der Waals surface area contributed by atoms with Gasteiger partial charge in [-0.25, -0.2) is 0 Å². The Hall–Kier alpha value is -1.31. The van der Waals surface area contributed by atoms with Crippen LogP contribution >= 0.6 is 0 Å². The first-order valence-corrected chi connectivity index (χ1v) is 7.85. The van der Waals surface area contributed by atoms with E-state index in [1.807, 2.05) is 12.1 Å². The van der Waals surface area contributed by atoms with Crippen LogP contribution in [0.25, 0.3) is 0 Å². The molecular weight excluding hydrogens is 246 g/mol. The zero-order chi connectivity index (χ0) is 14.3. The number of nitrogens with one attached hydrogen (secondary N) is 1. The smallest absolute Gasteiger partial charge is 0.251 e. The van der Waals surface area contributed by atoms with Crippen molar-refractivity contribution in [2.24, 2.45) is 11.8 Å². The van der Waals surface area contributed by atoms with E-state index in [0.29, 0.717) is 6.04 Å². The van der Waals surface area contributed by atoms with E-state index in [9.17, 15) is 4.79 Å². The van der Waals surface area contributed by atoms with Crippen LogP contribution < -0.4 is 5.32 Å². The molecule has 0 aromatic heterocycles. The normalized spacial score (nSPS) is 28.6. The molecule has 2 fully saturated rings. The standard InChI is InChI=1S/C18H25NO/c1-18(2,3)15-8-6-13(7-9-15)17(20)19-16-11-12-4-5-14(16)10-12/h6-9,12,14,16H,4-5,10-11H2,1-3H3,(H,19,20)/t12-,14+,16-/m0/s1. The third kappa shape index (κ3) is 2.61. The van der Waals surface area contributed by atoms with Gasteiger partial charge in [-0.2, -0.15) is 0 Å². The Morgan fingerprint density at radius 3 is 2.30 bits per heavy atom. The molecular formula is C18H25NO. The summed E-state index contributed by atoms with van der Waals surface area (Å²) in [6.07, 6.45) is 5.19. The van der Waals surface area contributed by atoms with Crippen LogP contribution in [0.4, 0.5) is 0 Å². The minimum absolute atomic E-state index is 0.100. The Kier molecular flexibility index (Phi) is 3.35. The van der Waals surface area contributed by atoms with E-state index in [0.717, 1.165) is 17.4 Å². The van der Waals surface area contributed by atoms with Gasteiger partial charge in [0.05, 0.1) is 0 Å². The molecule has 1 N–H and O–H groups in total. The molecule has 1 aromatic carbocycles. The van der Waals surface area contributed by atoms with Crippen LogP contribution in [-0.4, -0.2) is 11.9 Å². The molecule has 2 heteroatoms. The Morgan fingerprint density at radius 1 is 1.10 bits per heavy atom. The molecule has 0 saturated heterocycles. The number of benzene rings is 1. The Balaban J connectivity index is 1.65. The van der Waals surface area contributed by atoms with Crippen LogP contribution in [0.2, 0.25) is 0 Å². The van der Waals surface area contributed by atoms with E-state index in [-0.39, 0.29) is 11.3 Å². The van der Waals surface area contributed by atoms with Gasteiger partial charge in [0.25, 0.3) is 5.91 Å². The number of hydrogen-bond donors (Lipinski definition) is 1. The molecule has 1 aromatic rings. The first kappa shape index (κ1) is 13.7. The zero-order valence-corrected chi connectivity index (χ0v) is 12.8. The molecule has 3 atom stereocenters. The van der Waals surface area contributed by atoms with Crippen molar-refractivity contribution < 1.29 is 4.79 Å². The number of carbonyl (C=O) groups is 1. The van der Waals surface area contributed by atoms with E-state index in [1.165, 1.54) is 31.2 Å². The molecule has 2 saturated carbocycles. The average molecular weight is 271 g/mol. The summed E-state index contributed by atoms with van der Waals surface area (Å²) >= 11 is 0. The van der Waals surface area contributed by atoms with Crippen LogP contribution in [0.15, 0.2) is 24.3 Å². The van der Waals surface area contributed by atoms with Gasteiger partial charge in [-0.15, -0.1) is 0 Å². The lowest BCUT2D eigenvalue weighted by Gasteiger charge is -2.23. The highest BCUT2D eigenvalue weighted by Crippen LogP contribution is 2.44. The molecule has 2 aliphatic carbocycles. The number of rotatable bonds is 2. The van der Waals surface area contributed by atoms with Crippen molar-refractivity contribution in [1.29, 1.82) is 0 Å². The van der Waals surface area contributed by atoms with Crippen molar-refractivity contribution in [1.82, 2.24) is 5.32 Å². The van der Waals surface area contributed by atoms with Crippen LogP contribution in [0, 0.1) is 11.8 Å².